The predicted octanol–water partition coefficient (Wildman–Crippen LogP) is 1.17. The Morgan fingerprint density at radius 2 is 2.04 bits per heavy atom. The van der Waals surface area contributed by atoms with Crippen molar-refractivity contribution in [3.8, 4) is 0 Å². The Bertz CT molecular complexity index is 825. The van der Waals surface area contributed by atoms with Gasteiger partial charge in [-0.3, -0.25) is 14.3 Å². The van der Waals surface area contributed by atoms with Crippen molar-refractivity contribution in [1.82, 2.24) is 15.1 Å². The van der Waals surface area contributed by atoms with E-state index in [9.17, 15) is 14.7 Å². The third-order valence-corrected chi connectivity index (χ3v) is 4.81. The first-order valence-corrected chi connectivity index (χ1v) is 7.97. The number of nitrogens with zero attached hydrogens (tertiary/aromatic N) is 2. The van der Waals surface area contributed by atoms with E-state index >= 15 is 0 Å². The molecule has 24 heavy (non-hydrogen) atoms. The molecule has 2 aromatic rings. The summed E-state index contributed by atoms with van der Waals surface area (Å²) in [5.41, 5.74) is 2.29. The third-order valence-electron chi connectivity index (χ3n) is 4.81. The van der Waals surface area contributed by atoms with Crippen molar-refractivity contribution in [3.05, 3.63) is 52.3 Å². The maximum absolute atomic E-state index is 12.4. The summed E-state index contributed by atoms with van der Waals surface area (Å²) < 4.78 is 1.58. The number of rotatable bonds is 4. The lowest BCUT2D eigenvalue weighted by Crippen LogP contribution is -2.42. The zero-order chi connectivity index (χ0) is 17.5. The SMILES string of the molecule is Cc1nn(C)c(C)c1C(=O)C(=O)NC[C@@]1(O)CCc2ccccc21. The number of aliphatic hydroxyl groups is 1. The molecule has 0 saturated carbocycles. The van der Waals surface area contributed by atoms with E-state index in [1.54, 1.807) is 25.6 Å². The lowest BCUT2D eigenvalue weighted by molar-refractivity contribution is -0.118. The number of amides is 1. The van der Waals surface area contributed by atoms with Crippen LogP contribution in [0.3, 0.4) is 0 Å². The van der Waals surface area contributed by atoms with Crippen molar-refractivity contribution < 1.29 is 14.7 Å². The summed E-state index contributed by atoms with van der Waals surface area (Å²) in [5, 5.41) is 17.6. The minimum atomic E-state index is -1.12. The van der Waals surface area contributed by atoms with Gasteiger partial charge in [-0.1, -0.05) is 24.3 Å². The number of fused-ring (bicyclic) bond motifs is 1. The molecule has 0 bridgehead atoms. The maximum Gasteiger partial charge on any atom is 0.292 e. The molecule has 0 spiro atoms. The van der Waals surface area contributed by atoms with Gasteiger partial charge < -0.3 is 10.4 Å². The van der Waals surface area contributed by atoms with Crippen LogP contribution in [0.25, 0.3) is 0 Å². The molecule has 1 aromatic carbocycles. The predicted molar refractivity (Wildman–Crippen MR) is 88.7 cm³/mol. The molecule has 6 nitrogen and oxygen atoms in total. The van der Waals surface area contributed by atoms with Crippen molar-refractivity contribution in [2.45, 2.75) is 32.3 Å². The molecular weight excluding hydrogens is 306 g/mol. The second kappa shape index (κ2) is 5.87. The lowest BCUT2D eigenvalue weighted by atomic mass is 9.96. The summed E-state index contributed by atoms with van der Waals surface area (Å²) in [4.78, 5) is 24.7. The number of Topliss-reactive ketones (excluding diaryl/α,β-unsaturated/α-hetero) is 1. The van der Waals surface area contributed by atoms with Gasteiger partial charge in [-0.2, -0.15) is 5.10 Å². The Kier molecular flexibility index (Phi) is 4.01. The van der Waals surface area contributed by atoms with E-state index in [-0.39, 0.29) is 6.54 Å². The summed E-state index contributed by atoms with van der Waals surface area (Å²) in [6.07, 6.45) is 1.29. The van der Waals surface area contributed by atoms with Crippen molar-refractivity contribution >= 4 is 11.7 Å². The number of nitrogens with one attached hydrogen (secondary N) is 1. The first-order valence-electron chi connectivity index (χ1n) is 7.97. The van der Waals surface area contributed by atoms with E-state index in [2.05, 4.69) is 10.4 Å². The molecule has 1 aliphatic carbocycles. The number of carbonyl (C=O) groups is 2. The van der Waals surface area contributed by atoms with Gasteiger partial charge in [-0.05, 0) is 37.8 Å². The molecule has 0 saturated heterocycles. The second-order valence-corrected chi connectivity index (χ2v) is 6.37. The summed E-state index contributed by atoms with van der Waals surface area (Å²) >= 11 is 0. The molecular formula is C18H21N3O3. The number of carbonyl (C=O) groups excluding carboxylic acids is 2. The molecule has 0 aliphatic heterocycles. The van der Waals surface area contributed by atoms with Crippen LogP contribution in [0.4, 0.5) is 0 Å². The van der Waals surface area contributed by atoms with Crippen LogP contribution >= 0.6 is 0 Å². The number of hydrogen-bond donors (Lipinski definition) is 2. The zero-order valence-corrected chi connectivity index (χ0v) is 14.1. The first-order chi connectivity index (χ1) is 11.3. The topological polar surface area (TPSA) is 84.2 Å². The highest BCUT2D eigenvalue weighted by Crippen LogP contribution is 2.36. The highest BCUT2D eigenvalue weighted by Gasteiger charge is 2.37. The minimum Gasteiger partial charge on any atom is -0.383 e. The molecule has 0 unspecified atom stereocenters. The molecule has 1 aromatic heterocycles. The van der Waals surface area contributed by atoms with Gasteiger partial charge in [-0.15, -0.1) is 0 Å². The van der Waals surface area contributed by atoms with Crippen LogP contribution in [-0.2, 0) is 23.9 Å². The van der Waals surface area contributed by atoms with Crippen molar-refractivity contribution in [3.63, 3.8) is 0 Å². The molecule has 126 valence electrons. The summed E-state index contributed by atoms with van der Waals surface area (Å²) in [5.74, 6) is -1.33. The van der Waals surface area contributed by atoms with Gasteiger partial charge in [0.05, 0.1) is 17.8 Å². The van der Waals surface area contributed by atoms with Gasteiger partial charge in [0.15, 0.2) is 0 Å². The average Bonchev–Trinajstić information content (AvgIpc) is 3.03. The van der Waals surface area contributed by atoms with Crippen LogP contribution in [0.2, 0.25) is 0 Å². The largest absolute Gasteiger partial charge is 0.383 e. The van der Waals surface area contributed by atoms with Crippen LogP contribution < -0.4 is 5.32 Å². The van der Waals surface area contributed by atoms with E-state index in [4.69, 9.17) is 0 Å². The Balaban J connectivity index is 1.73. The van der Waals surface area contributed by atoms with Gasteiger partial charge >= 0.3 is 0 Å². The fourth-order valence-electron chi connectivity index (χ4n) is 3.37. The summed E-state index contributed by atoms with van der Waals surface area (Å²) in [6, 6.07) is 7.64. The Labute approximate surface area is 140 Å². The molecule has 1 atom stereocenters. The standard InChI is InChI=1S/C18H21N3O3/c1-11-15(12(2)21(3)20-11)16(22)17(23)19-10-18(24)9-8-13-6-4-5-7-14(13)18/h4-7,24H,8-10H2,1-3H3,(H,19,23)/t18-/m0/s1. The van der Waals surface area contributed by atoms with Crippen LogP contribution in [0.5, 0.6) is 0 Å². The van der Waals surface area contributed by atoms with Crippen molar-refractivity contribution in [1.29, 1.82) is 0 Å². The first kappa shape index (κ1) is 16.4. The van der Waals surface area contributed by atoms with Gasteiger partial charge in [0, 0.05) is 12.7 Å². The number of benzene rings is 1. The monoisotopic (exact) mass is 327 g/mol. The number of aryl methyl sites for hydroxylation is 3. The summed E-state index contributed by atoms with van der Waals surface area (Å²) in [6.45, 7) is 3.47. The Hall–Kier alpha value is -2.47. The lowest BCUT2D eigenvalue weighted by Gasteiger charge is -2.24. The molecule has 1 heterocycles. The maximum atomic E-state index is 12.4. The fourth-order valence-corrected chi connectivity index (χ4v) is 3.37. The minimum absolute atomic E-state index is 0.0208. The second-order valence-electron chi connectivity index (χ2n) is 6.37. The van der Waals surface area contributed by atoms with E-state index in [1.165, 1.54) is 0 Å². The zero-order valence-electron chi connectivity index (χ0n) is 14.1. The smallest absolute Gasteiger partial charge is 0.292 e. The van der Waals surface area contributed by atoms with Gasteiger partial charge in [0.1, 0.15) is 5.60 Å². The van der Waals surface area contributed by atoms with Gasteiger partial charge in [0.2, 0.25) is 0 Å². The van der Waals surface area contributed by atoms with E-state index in [0.717, 1.165) is 17.5 Å². The van der Waals surface area contributed by atoms with Gasteiger partial charge in [-0.25, -0.2) is 0 Å². The van der Waals surface area contributed by atoms with E-state index in [0.29, 0.717) is 23.4 Å². The summed E-state index contributed by atoms with van der Waals surface area (Å²) in [7, 11) is 1.73. The highest BCUT2D eigenvalue weighted by molar-refractivity contribution is 6.43. The molecule has 3 rings (SSSR count). The van der Waals surface area contributed by atoms with Crippen LogP contribution in [-0.4, -0.2) is 33.1 Å². The Morgan fingerprint density at radius 3 is 2.71 bits per heavy atom. The molecule has 1 amide bonds. The molecule has 6 heteroatoms. The van der Waals surface area contributed by atoms with Crippen LogP contribution in [0, 0.1) is 13.8 Å². The fraction of sp³-hybridized carbons (Fsp3) is 0.389. The van der Waals surface area contributed by atoms with E-state index in [1.807, 2.05) is 24.3 Å². The molecule has 2 N–H and O–H groups in total. The highest BCUT2D eigenvalue weighted by atomic mass is 16.3. The third kappa shape index (κ3) is 2.63. The van der Waals surface area contributed by atoms with E-state index < -0.39 is 17.3 Å². The number of aromatic nitrogens is 2. The van der Waals surface area contributed by atoms with Crippen molar-refractivity contribution in [2.75, 3.05) is 6.54 Å². The normalized spacial score (nSPS) is 19.2. The van der Waals surface area contributed by atoms with Crippen molar-refractivity contribution in [2.24, 2.45) is 7.05 Å². The average molecular weight is 327 g/mol. The number of ketones is 1. The van der Waals surface area contributed by atoms with Crippen LogP contribution in [0.15, 0.2) is 24.3 Å². The molecule has 1 aliphatic rings. The van der Waals surface area contributed by atoms with Crippen LogP contribution in [0.1, 0.15) is 39.3 Å². The van der Waals surface area contributed by atoms with Gasteiger partial charge in [0.25, 0.3) is 11.7 Å². The molecule has 0 fully saturated rings. The Morgan fingerprint density at radius 1 is 1.33 bits per heavy atom. The number of hydrogen-bond acceptors (Lipinski definition) is 4. The molecule has 0 radical (unpaired) electrons. The quantitative estimate of drug-likeness (QED) is 0.652.